The molecule has 3 aliphatic carbocycles. The lowest BCUT2D eigenvalue weighted by atomic mass is 9.55. The fourth-order valence-corrected chi connectivity index (χ4v) is 6.18. The average Bonchev–Trinajstić information content (AvgIpc) is 2.94. The van der Waals surface area contributed by atoms with Crippen LogP contribution in [0.5, 0.6) is 5.75 Å². The fraction of sp³-hybridized carbons (Fsp3) is 0.619. The van der Waals surface area contributed by atoms with Crippen LogP contribution < -0.4 is 4.65 Å². The molecule has 5 nitrogen and oxygen atoms in total. The zero-order valence-electron chi connectivity index (χ0n) is 15.9. The third-order valence-electron chi connectivity index (χ3n) is 7.43. The molecule has 2 fully saturated rings. The van der Waals surface area contributed by atoms with E-state index in [1.165, 1.54) is 11.1 Å². The van der Waals surface area contributed by atoms with Crippen LogP contribution in [-0.4, -0.2) is 29.6 Å². The van der Waals surface area contributed by atoms with Crippen molar-refractivity contribution in [3.63, 3.8) is 0 Å². The van der Waals surface area contributed by atoms with Gasteiger partial charge in [0.05, 0.1) is 0 Å². The molecule has 0 radical (unpaired) electrons. The first-order chi connectivity index (χ1) is 12.9. The molecule has 0 bridgehead atoms. The third-order valence-corrected chi connectivity index (χ3v) is 7.43. The van der Waals surface area contributed by atoms with Crippen molar-refractivity contribution in [2.45, 2.75) is 64.2 Å². The fourth-order valence-electron chi connectivity index (χ4n) is 6.18. The topological polar surface area (TPSA) is 83.8 Å². The van der Waals surface area contributed by atoms with Gasteiger partial charge < -0.3 is 14.8 Å². The van der Waals surface area contributed by atoms with Gasteiger partial charge >= 0.3 is 13.7 Å². The molecule has 144 valence electrons. The predicted octanol–water partition coefficient (Wildman–Crippen LogP) is 2.77. The number of carbonyl (C=O) groups is 2. The number of fused-ring (bicyclic) bond motifs is 5. The summed E-state index contributed by atoms with van der Waals surface area (Å²) in [5.41, 5.74) is 3.43. The summed E-state index contributed by atoms with van der Waals surface area (Å²) in [5.74, 6) is 1.63. The number of benzene rings is 1. The largest absolute Gasteiger partial charge is 0.539 e. The Morgan fingerprint density at radius 2 is 2.11 bits per heavy atom. The van der Waals surface area contributed by atoms with Crippen molar-refractivity contribution < 1.29 is 24.4 Å². The first kappa shape index (κ1) is 18.5. The summed E-state index contributed by atoms with van der Waals surface area (Å²) in [6.45, 7) is 2.17. The van der Waals surface area contributed by atoms with Gasteiger partial charge in [-0.1, -0.05) is 6.92 Å². The number of hydrogen-bond donors (Lipinski definition) is 2. The minimum Gasteiger partial charge on any atom is -0.539 e. The second-order valence-electron chi connectivity index (χ2n) is 8.66. The van der Waals surface area contributed by atoms with E-state index < -0.39 is 5.97 Å². The van der Waals surface area contributed by atoms with Gasteiger partial charge in [-0.2, -0.15) is 0 Å². The minimum absolute atomic E-state index is 0.0893. The molecular formula is C21H27BO5. The summed E-state index contributed by atoms with van der Waals surface area (Å²) in [6.07, 6.45) is 6.22. The summed E-state index contributed by atoms with van der Waals surface area (Å²) in [5, 5.41) is 18.3. The van der Waals surface area contributed by atoms with E-state index in [2.05, 4.69) is 6.92 Å². The van der Waals surface area contributed by atoms with E-state index >= 15 is 0 Å². The number of ketones is 1. The van der Waals surface area contributed by atoms with Crippen LogP contribution in [0.25, 0.3) is 0 Å². The highest BCUT2D eigenvalue weighted by Gasteiger charge is 2.54. The minimum atomic E-state index is -0.804. The van der Waals surface area contributed by atoms with Gasteiger partial charge in [-0.15, -0.1) is 0 Å². The predicted molar refractivity (Wildman–Crippen MR) is 102 cm³/mol. The molecule has 27 heavy (non-hydrogen) atoms. The molecule has 0 aromatic heterocycles. The monoisotopic (exact) mass is 370 g/mol. The van der Waals surface area contributed by atoms with E-state index in [4.69, 9.17) is 14.8 Å². The first-order valence-corrected chi connectivity index (χ1v) is 10.1. The molecule has 1 aromatic rings. The lowest BCUT2D eigenvalue weighted by Gasteiger charge is -2.48. The van der Waals surface area contributed by atoms with Crippen LogP contribution in [0.4, 0.5) is 0 Å². The Labute approximate surface area is 160 Å². The van der Waals surface area contributed by atoms with Crippen LogP contribution in [-0.2, 0) is 22.4 Å². The summed E-state index contributed by atoms with van der Waals surface area (Å²) in [6, 6.07) is 3.92. The van der Waals surface area contributed by atoms with Gasteiger partial charge in [-0.25, -0.2) is 0 Å². The summed E-state index contributed by atoms with van der Waals surface area (Å²) in [4.78, 5) is 23.7. The second kappa shape index (κ2) is 6.97. The third kappa shape index (κ3) is 3.08. The van der Waals surface area contributed by atoms with E-state index in [0.717, 1.165) is 37.7 Å². The summed E-state index contributed by atoms with van der Waals surface area (Å²) in [7, 11) is -0.383. The number of aryl methyl sites for hydroxylation is 2. The smallest absolute Gasteiger partial charge is 0.504 e. The van der Waals surface area contributed by atoms with Crippen molar-refractivity contribution in [3.8, 4) is 5.75 Å². The summed E-state index contributed by atoms with van der Waals surface area (Å²) >= 11 is 0. The van der Waals surface area contributed by atoms with Gasteiger partial charge in [0, 0.05) is 18.3 Å². The van der Waals surface area contributed by atoms with Gasteiger partial charge in [0.1, 0.15) is 11.5 Å². The van der Waals surface area contributed by atoms with Crippen LogP contribution in [0.1, 0.15) is 68.1 Å². The molecule has 0 aliphatic heterocycles. The lowest BCUT2D eigenvalue weighted by molar-refractivity contribution is -0.137. The Bertz CT molecular complexity index is 776. The molecule has 0 amide bonds. The normalized spacial score (nSPS) is 31.6. The molecule has 0 unspecified atom stereocenters. The highest BCUT2D eigenvalue weighted by molar-refractivity contribution is 6.17. The van der Waals surface area contributed by atoms with Crippen LogP contribution in [0, 0.1) is 17.3 Å². The number of hydrogen-bond acceptors (Lipinski definition) is 4. The van der Waals surface area contributed by atoms with Crippen molar-refractivity contribution >= 4 is 19.4 Å². The molecule has 3 aliphatic rings. The molecule has 4 rings (SSSR count). The van der Waals surface area contributed by atoms with Crippen LogP contribution in [0.15, 0.2) is 12.1 Å². The number of aliphatic carboxylic acids is 1. The van der Waals surface area contributed by atoms with E-state index in [-0.39, 0.29) is 19.5 Å². The molecule has 0 heterocycles. The Kier molecular flexibility index (Phi) is 4.79. The molecular weight excluding hydrogens is 343 g/mol. The summed E-state index contributed by atoms with van der Waals surface area (Å²) < 4.78 is 5.32. The van der Waals surface area contributed by atoms with E-state index in [0.29, 0.717) is 42.1 Å². The van der Waals surface area contributed by atoms with Gasteiger partial charge in [0.15, 0.2) is 0 Å². The zero-order chi connectivity index (χ0) is 19.2. The van der Waals surface area contributed by atoms with Gasteiger partial charge in [-0.05, 0) is 85.1 Å². The first-order valence-electron chi connectivity index (χ1n) is 10.1. The number of carbonyl (C=O) groups excluding carboxylic acids is 1. The van der Waals surface area contributed by atoms with Crippen LogP contribution in [0.3, 0.4) is 0 Å². The van der Waals surface area contributed by atoms with Crippen LogP contribution >= 0.6 is 0 Å². The molecule has 2 saturated carbocycles. The maximum Gasteiger partial charge on any atom is 0.504 e. The molecule has 2 N–H and O–H groups in total. The van der Waals surface area contributed by atoms with Crippen molar-refractivity contribution in [3.05, 3.63) is 28.8 Å². The van der Waals surface area contributed by atoms with Crippen molar-refractivity contribution in [2.24, 2.45) is 17.3 Å². The Morgan fingerprint density at radius 3 is 2.85 bits per heavy atom. The Morgan fingerprint density at radius 1 is 1.30 bits per heavy atom. The second-order valence-corrected chi connectivity index (χ2v) is 8.66. The number of carboxylic acid groups (broad SMARTS) is 1. The van der Waals surface area contributed by atoms with Crippen molar-refractivity contribution in [1.82, 2.24) is 0 Å². The van der Waals surface area contributed by atoms with Crippen molar-refractivity contribution in [2.75, 3.05) is 0 Å². The van der Waals surface area contributed by atoms with Crippen molar-refractivity contribution in [1.29, 1.82) is 0 Å². The average molecular weight is 370 g/mol. The number of rotatable bonds is 5. The molecule has 0 saturated heterocycles. The quantitative estimate of drug-likeness (QED) is 0.779. The molecule has 0 spiro atoms. The lowest BCUT2D eigenvalue weighted by Crippen LogP contribution is -2.42. The molecule has 1 aromatic carbocycles. The highest BCUT2D eigenvalue weighted by Crippen LogP contribution is 2.60. The van der Waals surface area contributed by atoms with E-state index in [1.54, 1.807) is 0 Å². The number of Topliss-reactive ketones (excluding diaryl/α,β-unsaturated/α-hetero) is 1. The maximum atomic E-state index is 12.5. The Hall–Kier alpha value is -1.82. The standard InChI is InChI=1S/C21H27BO5/c1-21-9-8-16-15(17(21)5-6-18(21)23)4-2-12-10-14(27-22-26)11-13(20(12)16)3-7-19(24)25/h10-11,15-17,22,26H,2-9H2,1H3,(H,24,25)/t15-,16+,17+,21+/m1/s1. The van der Waals surface area contributed by atoms with Gasteiger partial charge in [-0.3, -0.25) is 9.59 Å². The zero-order valence-corrected chi connectivity index (χ0v) is 15.9. The van der Waals surface area contributed by atoms with E-state index in [9.17, 15) is 9.59 Å². The maximum absolute atomic E-state index is 12.5. The SMILES string of the molecule is C[C@]12CC[C@@H]3c4c(CCC(=O)O)cc(OBO)cc4CC[C@H]3[C@@H]1CCC2=O. The highest BCUT2D eigenvalue weighted by atomic mass is 16.5. The molecule has 4 atom stereocenters. The number of carboxylic acids is 1. The Balaban J connectivity index is 1.72. The van der Waals surface area contributed by atoms with Crippen LogP contribution in [0.2, 0.25) is 0 Å². The van der Waals surface area contributed by atoms with Gasteiger partial charge in [0.2, 0.25) is 0 Å². The van der Waals surface area contributed by atoms with E-state index in [1.807, 2.05) is 12.1 Å². The molecule has 6 heteroatoms. The van der Waals surface area contributed by atoms with Gasteiger partial charge in [0.25, 0.3) is 0 Å².